The minimum Gasteiger partial charge on any atom is -0.461 e. The van der Waals surface area contributed by atoms with Crippen LogP contribution in [-0.4, -0.2) is 29.1 Å². The molecule has 0 saturated heterocycles. The third kappa shape index (κ3) is 4.55. The minimum absolute atomic E-state index is 0.142. The highest BCUT2D eigenvalue weighted by atomic mass is 35.5. The van der Waals surface area contributed by atoms with Gasteiger partial charge in [0.25, 0.3) is 5.91 Å². The number of carbonyl (C=O) groups is 2. The van der Waals surface area contributed by atoms with Gasteiger partial charge >= 0.3 is 0 Å². The number of benzene rings is 2. The molecule has 1 aliphatic heterocycles. The molecule has 2 heterocycles. The van der Waals surface area contributed by atoms with Gasteiger partial charge in [-0.25, -0.2) is 4.39 Å². The fourth-order valence-corrected chi connectivity index (χ4v) is 3.65. The molecule has 5 nitrogen and oxygen atoms in total. The number of anilines is 1. The van der Waals surface area contributed by atoms with Gasteiger partial charge in [-0.1, -0.05) is 6.07 Å². The minimum atomic E-state index is -0.658. The number of hydrogen-bond acceptors (Lipinski definition) is 3. The third-order valence-corrected chi connectivity index (χ3v) is 6.27. The van der Waals surface area contributed by atoms with E-state index in [1.807, 2.05) is 30.3 Å². The van der Waals surface area contributed by atoms with Gasteiger partial charge in [-0.3, -0.25) is 9.59 Å². The van der Waals surface area contributed by atoms with E-state index in [1.165, 1.54) is 18.2 Å². The lowest BCUT2D eigenvalue weighted by molar-refractivity contribution is -0.122. The molecule has 0 aliphatic carbocycles. The van der Waals surface area contributed by atoms with Crippen molar-refractivity contribution in [3.05, 3.63) is 77.3 Å². The van der Waals surface area contributed by atoms with Crippen LogP contribution in [0.15, 0.2) is 59.0 Å². The van der Waals surface area contributed by atoms with Crippen molar-refractivity contribution in [2.45, 2.75) is 26.8 Å². The average Bonchev–Trinajstić information content (AvgIpc) is 3.22. The standard InChI is InChI=1S/C25H24ClFN2O3/c1-25(2,15-26)24(31)28-20-8-6-16(7-9-20)22-13-18-14-29(11-10-21(18)32-22)23(30)17-4-3-5-19(27)12-17/h3-9,12-13H,10-11,14-15H2,1-2H3,(H,28,31). The molecule has 2 aromatic carbocycles. The molecular weight excluding hydrogens is 431 g/mol. The number of amides is 2. The maximum absolute atomic E-state index is 13.5. The van der Waals surface area contributed by atoms with Crippen molar-refractivity contribution >= 4 is 29.1 Å². The molecule has 166 valence electrons. The second kappa shape index (κ2) is 8.79. The second-order valence-corrected chi connectivity index (χ2v) is 8.86. The lowest BCUT2D eigenvalue weighted by Gasteiger charge is -2.26. The molecule has 0 atom stereocenters. The van der Waals surface area contributed by atoms with E-state index in [-0.39, 0.29) is 17.7 Å². The first-order valence-corrected chi connectivity index (χ1v) is 10.9. The number of rotatable bonds is 5. The molecule has 0 radical (unpaired) electrons. The van der Waals surface area contributed by atoms with Gasteiger partial charge in [-0.05, 0) is 62.4 Å². The molecule has 0 bridgehead atoms. The van der Waals surface area contributed by atoms with Crippen LogP contribution in [0.4, 0.5) is 10.1 Å². The first-order chi connectivity index (χ1) is 15.3. The van der Waals surface area contributed by atoms with Gasteiger partial charge in [0.15, 0.2) is 0 Å². The Bertz CT molecular complexity index is 1150. The molecule has 2 amide bonds. The van der Waals surface area contributed by atoms with Gasteiger partial charge in [0, 0.05) is 47.8 Å². The van der Waals surface area contributed by atoms with Crippen LogP contribution in [0.1, 0.15) is 35.5 Å². The van der Waals surface area contributed by atoms with Crippen LogP contribution in [0.3, 0.4) is 0 Å². The highest BCUT2D eigenvalue weighted by Crippen LogP contribution is 2.31. The Labute approximate surface area is 191 Å². The van der Waals surface area contributed by atoms with Crippen molar-refractivity contribution < 1.29 is 18.4 Å². The number of furan rings is 1. The molecule has 32 heavy (non-hydrogen) atoms. The van der Waals surface area contributed by atoms with Gasteiger partial charge in [0.1, 0.15) is 17.3 Å². The number of alkyl halides is 1. The molecule has 0 unspecified atom stereocenters. The molecule has 0 spiro atoms. The number of nitrogens with zero attached hydrogens (tertiary/aromatic N) is 1. The fraction of sp³-hybridized carbons (Fsp3) is 0.280. The first-order valence-electron chi connectivity index (χ1n) is 10.4. The Balaban J connectivity index is 1.47. The molecular formula is C25H24ClFN2O3. The normalized spacial score (nSPS) is 13.6. The summed E-state index contributed by atoms with van der Waals surface area (Å²) in [5.74, 6) is 1.02. The first kappa shape index (κ1) is 22.1. The van der Waals surface area contributed by atoms with Crippen molar-refractivity contribution in [1.29, 1.82) is 0 Å². The fourth-order valence-electron chi connectivity index (χ4n) is 3.53. The number of nitrogens with one attached hydrogen (secondary N) is 1. The highest BCUT2D eigenvalue weighted by molar-refractivity contribution is 6.20. The Morgan fingerprint density at radius 1 is 1.16 bits per heavy atom. The Hall–Kier alpha value is -3.12. The summed E-state index contributed by atoms with van der Waals surface area (Å²) < 4.78 is 19.5. The monoisotopic (exact) mass is 454 g/mol. The van der Waals surface area contributed by atoms with E-state index in [9.17, 15) is 14.0 Å². The van der Waals surface area contributed by atoms with E-state index in [2.05, 4.69) is 5.32 Å². The zero-order chi connectivity index (χ0) is 22.9. The van der Waals surface area contributed by atoms with E-state index in [1.54, 1.807) is 24.8 Å². The summed E-state index contributed by atoms with van der Waals surface area (Å²) >= 11 is 5.87. The van der Waals surface area contributed by atoms with E-state index < -0.39 is 11.2 Å². The summed E-state index contributed by atoms with van der Waals surface area (Å²) in [5, 5.41) is 2.87. The molecule has 1 aromatic heterocycles. The van der Waals surface area contributed by atoms with E-state index in [4.69, 9.17) is 16.0 Å². The number of halogens is 2. The molecule has 1 N–H and O–H groups in total. The van der Waals surface area contributed by atoms with E-state index >= 15 is 0 Å². The van der Waals surface area contributed by atoms with Crippen molar-refractivity contribution in [3.63, 3.8) is 0 Å². The average molecular weight is 455 g/mol. The second-order valence-electron chi connectivity index (χ2n) is 8.60. The Morgan fingerprint density at radius 2 is 1.91 bits per heavy atom. The Kier molecular flexibility index (Phi) is 6.07. The number of fused-ring (bicyclic) bond motifs is 1. The van der Waals surface area contributed by atoms with Gasteiger partial charge in [-0.15, -0.1) is 11.6 Å². The number of hydrogen-bond donors (Lipinski definition) is 1. The summed E-state index contributed by atoms with van der Waals surface area (Å²) in [5.41, 5.74) is 2.18. The van der Waals surface area contributed by atoms with E-state index in [0.29, 0.717) is 36.5 Å². The van der Waals surface area contributed by atoms with Crippen molar-refractivity contribution in [2.24, 2.45) is 5.41 Å². The molecule has 0 saturated carbocycles. The smallest absolute Gasteiger partial charge is 0.254 e. The quantitative estimate of drug-likeness (QED) is 0.518. The van der Waals surface area contributed by atoms with Crippen LogP contribution in [0, 0.1) is 11.2 Å². The SMILES string of the molecule is CC(C)(CCl)C(=O)Nc1ccc(-c2cc3c(o2)CCN(C(=O)c2cccc(F)c2)C3)cc1. The Morgan fingerprint density at radius 3 is 2.59 bits per heavy atom. The van der Waals surface area contributed by atoms with Crippen molar-refractivity contribution in [2.75, 3.05) is 17.7 Å². The largest absolute Gasteiger partial charge is 0.461 e. The summed E-state index contributed by atoms with van der Waals surface area (Å²) in [7, 11) is 0. The lowest BCUT2D eigenvalue weighted by atomic mass is 9.95. The molecule has 7 heteroatoms. The van der Waals surface area contributed by atoms with Crippen LogP contribution in [0.2, 0.25) is 0 Å². The topological polar surface area (TPSA) is 62.6 Å². The van der Waals surface area contributed by atoms with Crippen LogP contribution in [-0.2, 0) is 17.8 Å². The molecule has 0 fully saturated rings. The summed E-state index contributed by atoms with van der Waals surface area (Å²) in [6.45, 7) is 4.51. The summed E-state index contributed by atoms with van der Waals surface area (Å²) in [6.07, 6.45) is 0.595. The van der Waals surface area contributed by atoms with Gasteiger partial charge < -0.3 is 14.6 Å². The number of carbonyl (C=O) groups excluding carboxylic acids is 2. The third-order valence-electron chi connectivity index (χ3n) is 5.60. The van der Waals surface area contributed by atoms with Crippen LogP contribution in [0.25, 0.3) is 11.3 Å². The molecule has 4 rings (SSSR count). The van der Waals surface area contributed by atoms with Gasteiger partial charge in [0.2, 0.25) is 5.91 Å². The van der Waals surface area contributed by atoms with Crippen LogP contribution < -0.4 is 5.32 Å². The van der Waals surface area contributed by atoms with Crippen molar-refractivity contribution in [3.8, 4) is 11.3 Å². The zero-order valence-corrected chi connectivity index (χ0v) is 18.7. The van der Waals surface area contributed by atoms with Gasteiger partial charge in [-0.2, -0.15) is 0 Å². The van der Waals surface area contributed by atoms with Crippen LogP contribution >= 0.6 is 11.6 Å². The maximum Gasteiger partial charge on any atom is 0.254 e. The van der Waals surface area contributed by atoms with Crippen molar-refractivity contribution in [1.82, 2.24) is 4.90 Å². The predicted molar refractivity (Wildman–Crippen MR) is 122 cm³/mol. The summed E-state index contributed by atoms with van der Waals surface area (Å²) in [4.78, 5) is 26.7. The maximum atomic E-state index is 13.5. The highest BCUT2D eigenvalue weighted by Gasteiger charge is 2.27. The van der Waals surface area contributed by atoms with Crippen LogP contribution in [0.5, 0.6) is 0 Å². The van der Waals surface area contributed by atoms with Gasteiger partial charge in [0.05, 0.1) is 5.41 Å². The zero-order valence-electron chi connectivity index (χ0n) is 18.0. The summed E-state index contributed by atoms with van der Waals surface area (Å²) in [6, 6.07) is 15.1. The predicted octanol–water partition coefficient (Wildman–Crippen LogP) is 5.49. The van der Waals surface area contributed by atoms with E-state index in [0.717, 1.165) is 16.9 Å². The molecule has 1 aliphatic rings. The molecule has 3 aromatic rings. The lowest BCUT2D eigenvalue weighted by Crippen LogP contribution is -2.35.